The van der Waals surface area contributed by atoms with Gasteiger partial charge < -0.3 is 0 Å². The van der Waals surface area contributed by atoms with Gasteiger partial charge in [-0.2, -0.15) is 0 Å². The smallest absolute Gasteiger partial charge is 0.0222 e. The molecule has 0 saturated heterocycles. The molecule has 0 nitrogen and oxygen atoms in total. The van der Waals surface area contributed by atoms with E-state index >= 15 is 0 Å². The molecule has 0 spiro atoms. The Morgan fingerprint density at radius 2 is 1.67 bits per heavy atom. The van der Waals surface area contributed by atoms with E-state index in [0.717, 1.165) is 0 Å². The summed E-state index contributed by atoms with van der Waals surface area (Å²) in [4.78, 5) is 0. The number of fused-ring (bicyclic) bond motifs is 1. The molecule has 0 atom stereocenters. The van der Waals surface area contributed by atoms with Crippen LogP contribution in [0.4, 0.5) is 0 Å². The van der Waals surface area contributed by atoms with E-state index in [-0.39, 0.29) is 0 Å². The average molecular weight is 196 g/mol. The predicted molar refractivity (Wildman–Crippen MR) is 64.5 cm³/mol. The van der Waals surface area contributed by atoms with Crippen molar-refractivity contribution < 1.29 is 0 Å². The van der Waals surface area contributed by atoms with E-state index in [4.69, 9.17) is 0 Å². The van der Waals surface area contributed by atoms with Crippen molar-refractivity contribution in [3.05, 3.63) is 53.1 Å². The van der Waals surface area contributed by atoms with Crippen LogP contribution < -0.4 is 0 Å². The van der Waals surface area contributed by atoms with Crippen molar-refractivity contribution in [2.45, 2.75) is 32.1 Å². The number of benzene rings is 1. The van der Waals surface area contributed by atoms with Crippen LogP contribution in [0.25, 0.3) is 5.57 Å². The van der Waals surface area contributed by atoms with E-state index in [1.807, 2.05) is 0 Å². The summed E-state index contributed by atoms with van der Waals surface area (Å²) in [5.74, 6) is 0. The van der Waals surface area contributed by atoms with Gasteiger partial charge in [-0.3, -0.25) is 0 Å². The Balaban J connectivity index is 2.07. The number of allylic oxidation sites excluding steroid dienone is 4. The molecule has 0 aromatic heterocycles. The fourth-order valence-corrected chi connectivity index (χ4v) is 2.80. The fraction of sp³-hybridized carbons (Fsp3) is 0.333. The van der Waals surface area contributed by atoms with Crippen molar-refractivity contribution in [1.29, 1.82) is 0 Å². The van der Waals surface area contributed by atoms with Crippen LogP contribution in [-0.2, 0) is 0 Å². The van der Waals surface area contributed by atoms with Crippen molar-refractivity contribution in [3.63, 3.8) is 0 Å². The Morgan fingerprint density at radius 3 is 2.53 bits per heavy atom. The molecule has 3 rings (SSSR count). The molecule has 0 amide bonds. The molecule has 0 N–H and O–H groups in total. The van der Waals surface area contributed by atoms with Gasteiger partial charge in [-0.25, -0.2) is 0 Å². The summed E-state index contributed by atoms with van der Waals surface area (Å²) in [6.07, 6.45) is 8.92. The summed E-state index contributed by atoms with van der Waals surface area (Å²) in [5.41, 5.74) is 6.35. The fourth-order valence-electron chi connectivity index (χ4n) is 2.80. The molecule has 2 aliphatic rings. The number of hydrogen-bond acceptors (Lipinski definition) is 0. The minimum absolute atomic E-state index is 1.26. The molecule has 2 aliphatic carbocycles. The molecular weight excluding hydrogens is 180 g/mol. The van der Waals surface area contributed by atoms with Gasteiger partial charge in [0.15, 0.2) is 0 Å². The lowest BCUT2D eigenvalue weighted by atomic mass is 9.92. The van der Waals surface area contributed by atoms with Crippen LogP contribution in [0.5, 0.6) is 0 Å². The zero-order valence-electron chi connectivity index (χ0n) is 9.00. The second-order valence-corrected chi connectivity index (χ2v) is 4.44. The Kier molecular flexibility index (Phi) is 2.21. The summed E-state index contributed by atoms with van der Waals surface area (Å²) in [6.45, 7) is 0. The predicted octanol–water partition coefficient (Wildman–Crippen LogP) is 4.34. The van der Waals surface area contributed by atoms with E-state index in [1.165, 1.54) is 37.7 Å². The highest BCUT2D eigenvalue weighted by molar-refractivity contribution is 5.76. The third-order valence-electron chi connectivity index (χ3n) is 3.54. The molecule has 0 unspecified atom stereocenters. The first-order valence-corrected chi connectivity index (χ1v) is 5.92. The van der Waals surface area contributed by atoms with Crippen LogP contribution in [0, 0.1) is 0 Å². The van der Waals surface area contributed by atoms with Crippen LogP contribution in [0.2, 0.25) is 0 Å². The first-order chi connectivity index (χ1) is 7.45. The summed E-state index contributed by atoms with van der Waals surface area (Å²) in [7, 11) is 0. The topological polar surface area (TPSA) is 0 Å². The summed E-state index contributed by atoms with van der Waals surface area (Å²) in [6, 6.07) is 10.9. The molecule has 0 fully saturated rings. The van der Waals surface area contributed by atoms with Gasteiger partial charge in [-0.05, 0) is 54.4 Å². The van der Waals surface area contributed by atoms with Crippen molar-refractivity contribution in [2.75, 3.05) is 0 Å². The first kappa shape index (κ1) is 8.96. The van der Waals surface area contributed by atoms with Gasteiger partial charge in [-0.1, -0.05) is 36.4 Å². The van der Waals surface area contributed by atoms with Crippen molar-refractivity contribution >= 4 is 5.57 Å². The third kappa shape index (κ3) is 1.54. The molecule has 0 saturated carbocycles. The van der Waals surface area contributed by atoms with E-state index in [9.17, 15) is 0 Å². The van der Waals surface area contributed by atoms with E-state index < -0.39 is 0 Å². The quantitative estimate of drug-likeness (QED) is 0.626. The number of hydrogen-bond donors (Lipinski definition) is 0. The molecule has 0 heterocycles. The zero-order valence-corrected chi connectivity index (χ0v) is 9.00. The van der Waals surface area contributed by atoms with Gasteiger partial charge in [0.2, 0.25) is 0 Å². The minimum atomic E-state index is 1.26. The van der Waals surface area contributed by atoms with E-state index in [2.05, 4.69) is 36.4 Å². The number of rotatable bonds is 1. The maximum atomic E-state index is 2.45. The lowest BCUT2D eigenvalue weighted by Crippen LogP contribution is -1.93. The summed E-state index contributed by atoms with van der Waals surface area (Å²) in [5, 5.41) is 0. The SMILES string of the molecule is C1=C2CCC(c3ccccc3)=C2CCC1. The summed E-state index contributed by atoms with van der Waals surface area (Å²) >= 11 is 0. The highest BCUT2D eigenvalue weighted by Gasteiger charge is 2.21. The third-order valence-corrected chi connectivity index (χ3v) is 3.54. The van der Waals surface area contributed by atoms with Gasteiger partial charge in [0, 0.05) is 0 Å². The standard InChI is InChI=1S/C15H16/c1-2-6-12(7-3-1)15-11-10-13-8-4-5-9-14(13)15/h1-3,6-8H,4-5,9-11H2. The molecule has 1 aromatic rings. The molecule has 76 valence electrons. The average Bonchev–Trinajstić information content (AvgIpc) is 2.74. The highest BCUT2D eigenvalue weighted by atomic mass is 14.3. The van der Waals surface area contributed by atoms with Crippen LogP contribution in [-0.4, -0.2) is 0 Å². The van der Waals surface area contributed by atoms with Crippen LogP contribution in [0.3, 0.4) is 0 Å². The van der Waals surface area contributed by atoms with Gasteiger partial charge in [0.25, 0.3) is 0 Å². The van der Waals surface area contributed by atoms with E-state index in [1.54, 1.807) is 16.7 Å². The molecule has 0 radical (unpaired) electrons. The molecular formula is C15H16. The molecule has 0 heteroatoms. The normalized spacial score (nSPS) is 20.1. The van der Waals surface area contributed by atoms with Crippen molar-refractivity contribution in [2.24, 2.45) is 0 Å². The van der Waals surface area contributed by atoms with Gasteiger partial charge in [-0.15, -0.1) is 0 Å². The molecule has 0 aliphatic heterocycles. The Labute approximate surface area is 91.3 Å². The van der Waals surface area contributed by atoms with Crippen LogP contribution in [0.1, 0.15) is 37.7 Å². The highest BCUT2D eigenvalue weighted by Crippen LogP contribution is 2.42. The van der Waals surface area contributed by atoms with Gasteiger partial charge in [0.05, 0.1) is 0 Å². The van der Waals surface area contributed by atoms with Crippen LogP contribution >= 0.6 is 0 Å². The Hall–Kier alpha value is -1.30. The molecule has 0 bridgehead atoms. The monoisotopic (exact) mass is 196 g/mol. The van der Waals surface area contributed by atoms with Crippen molar-refractivity contribution in [1.82, 2.24) is 0 Å². The van der Waals surface area contributed by atoms with E-state index in [0.29, 0.717) is 0 Å². The Bertz CT molecular complexity index is 421. The minimum Gasteiger partial charge on any atom is -0.0810 e. The lowest BCUT2D eigenvalue weighted by Gasteiger charge is -2.13. The maximum absolute atomic E-state index is 2.45. The Morgan fingerprint density at radius 1 is 0.800 bits per heavy atom. The largest absolute Gasteiger partial charge is 0.0810 e. The first-order valence-electron chi connectivity index (χ1n) is 5.92. The van der Waals surface area contributed by atoms with Crippen LogP contribution in [0.15, 0.2) is 47.6 Å². The molecule has 1 aromatic carbocycles. The molecule has 15 heavy (non-hydrogen) atoms. The van der Waals surface area contributed by atoms with Gasteiger partial charge >= 0.3 is 0 Å². The van der Waals surface area contributed by atoms with Crippen molar-refractivity contribution in [3.8, 4) is 0 Å². The maximum Gasteiger partial charge on any atom is -0.0222 e. The second-order valence-electron chi connectivity index (χ2n) is 4.44. The van der Waals surface area contributed by atoms with Gasteiger partial charge in [0.1, 0.15) is 0 Å². The lowest BCUT2D eigenvalue weighted by molar-refractivity contribution is 0.800. The second kappa shape index (κ2) is 3.69. The zero-order chi connectivity index (χ0) is 10.1. The summed E-state index contributed by atoms with van der Waals surface area (Å²) < 4.78 is 0.